The fraction of sp³-hybridized carbons (Fsp3) is 0.250. The van der Waals surface area contributed by atoms with Crippen LogP contribution in [0.25, 0.3) is 11.4 Å². The van der Waals surface area contributed by atoms with Crippen LogP contribution in [-0.2, 0) is 6.54 Å². The molecule has 3 aromatic heterocycles. The predicted molar refractivity (Wildman–Crippen MR) is 90.2 cm³/mol. The van der Waals surface area contributed by atoms with E-state index in [1.54, 1.807) is 12.3 Å². The highest BCUT2D eigenvalue weighted by Gasteiger charge is 2.08. The molecule has 2 N–H and O–H groups in total. The van der Waals surface area contributed by atoms with Gasteiger partial charge in [0, 0.05) is 18.9 Å². The molecule has 25 heavy (non-hydrogen) atoms. The van der Waals surface area contributed by atoms with Gasteiger partial charge in [0.05, 0.1) is 23.5 Å². The highest BCUT2D eigenvalue weighted by atomic mass is 16.4. The normalized spacial score (nSPS) is 10.6. The van der Waals surface area contributed by atoms with Crippen molar-refractivity contribution in [2.24, 2.45) is 0 Å². The smallest absolute Gasteiger partial charge is 0.335 e. The lowest BCUT2D eigenvalue weighted by Gasteiger charge is -2.07. The minimum atomic E-state index is -1.01. The number of carboxylic acids is 1. The molecule has 0 radical (unpaired) electrons. The van der Waals surface area contributed by atoms with E-state index in [9.17, 15) is 4.79 Å². The van der Waals surface area contributed by atoms with Gasteiger partial charge in [0.25, 0.3) is 0 Å². The topological polar surface area (TPSA) is 119 Å². The van der Waals surface area contributed by atoms with Crippen molar-refractivity contribution in [3.8, 4) is 11.4 Å². The Morgan fingerprint density at radius 1 is 1.16 bits per heavy atom. The van der Waals surface area contributed by atoms with Crippen LogP contribution in [0, 0.1) is 13.8 Å². The molecule has 9 nitrogen and oxygen atoms in total. The third kappa shape index (κ3) is 3.94. The summed E-state index contributed by atoms with van der Waals surface area (Å²) in [6.07, 6.45) is 3.05. The fourth-order valence-electron chi connectivity index (χ4n) is 2.34. The van der Waals surface area contributed by atoms with Crippen molar-refractivity contribution in [2.45, 2.75) is 20.4 Å². The summed E-state index contributed by atoms with van der Waals surface area (Å²) in [6.45, 7) is 4.96. The van der Waals surface area contributed by atoms with E-state index in [0.29, 0.717) is 30.4 Å². The van der Waals surface area contributed by atoms with Gasteiger partial charge in [-0.1, -0.05) is 0 Å². The first-order chi connectivity index (χ1) is 12.0. The van der Waals surface area contributed by atoms with Crippen LogP contribution in [0.3, 0.4) is 0 Å². The van der Waals surface area contributed by atoms with Crippen molar-refractivity contribution in [3.63, 3.8) is 0 Å². The van der Waals surface area contributed by atoms with E-state index in [1.807, 2.05) is 18.5 Å². The summed E-state index contributed by atoms with van der Waals surface area (Å²) in [6, 6.07) is 4.61. The zero-order valence-electron chi connectivity index (χ0n) is 13.8. The number of aryl methyl sites for hydroxylation is 2. The molecule has 128 valence electrons. The largest absolute Gasteiger partial charge is 0.478 e. The maximum absolute atomic E-state index is 11.1. The Morgan fingerprint density at radius 2 is 1.96 bits per heavy atom. The summed E-state index contributed by atoms with van der Waals surface area (Å²) in [5.41, 5.74) is 1.19. The van der Waals surface area contributed by atoms with Crippen LogP contribution in [0.2, 0.25) is 0 Å². The van der Waals surface area contributed by atoms with Crippen molar-refractivity contribution >= 4 is 11.9 Å². The van der Waals surface area contributed by atoms with E-state index < -0.39 is 5.97 Å². The number of aromatic nitrogens is 6. The van der Waals surface area contributed by atoms with Crippen molar-refractivity contribution in [3.05, 3.63) is 47.8 Å². The van der Waals surface area contributed by atoms with Crippen LogP contribution >= 0.6 is 0 Å². The zero-order valence-corrected chi connectivity index (χ0v) is 13.8. The zero-order chi connectivity index (χ0) is 17.8. The molecule has 0 aromatic carbocycles. The molecular formula is C16H17N7O2. The SMILES string of the molecule is Cc1nc(C)n(CCNc2nccc(-c3cc(C(=O)O)ccn3)n2)n1. The third-order valence-electron chi connectivity index (χ3n) is 3.49. The number of anilines is 1. The third-order valence-corrected chi connectivity index (χ3v) is 3.49. The van der Waals surface area contributed by atoms with Crippen LogP contribution in [0.15, 0.2) is 30.6 Å². The van der Waals surface area contributed by atoms with Crippen molar-refractivity contribution in [2.75, 3.05) is 11.9 Å². The Labute approximate surface area is 143 Å². The van der Waals surface area contributed by atoms with Crippen molar-refractivity contribution < 1.29 is 9.90 Å². The second-order valence-corrected chi connectivity index (χ2v) is 5.36. The van der Waals surface area contributed by atoms with Gasteiger partial charge in [-0.15, -0.1) is 0 Å². The molecule has 3 heterocycles. The van der Waals surface area contributed by atoms with Crippen LogP contribution in [0.5, 0.6) is 0 Å². The lowest BCUT2D eigenvalue weighted by molar-refractivity contribution is 0.0697. The van der Waals surface area contributed by atoms with Crippen molar-refractivity contribution in [1.29, 1.82) is 0 Å². The molecule has 0 aliphatic rings. The van der Waals surface area contributed by atoms with Crippen LogP contribution in [0.1, 0.15) is 22.0 Å². The molecule has 0 bridgehead atoms. The summed E-state index contributed by atoms with van der Waals surface area (Å²) in [5, 5.41) is 16.5. The molecule has 0 atom stereocenters. The Balaban J connectivity index is 1.70. The average Bonchev–Trinajstić information content (AvgIpc) is 2.93. The highest BCUT2D eigenvalue weighted by molar-refractivity contribution is 5.88. The molecule has 9 heteroatoms. The van der Waals surface area contributed by atoms with E-state index in [2.05, 4.69) is 30.4 Å². The maximum Gasteiger partial charge on any atom is 0.335 e. The van der Waals surface area contributed by atoms with Gasteiger partial charge in [-0.25, -0.2) is 24.4 Å². The van der Waals surface area contributed by atoms with Gasteiger partial charge in [-0.05, 0) is 32.0 Å². The summed E-state index contributed by atoms with van der Waals surface area (Å²) in [4.78, 5) is 28.0. The summed E-state index contributed by atoms with van der Waals surface area (Å²) < 4.78 is 1.81. The monoisotopic (exact) mass is 339 g/mol. The van der Waals surface area contributed by atoms with Gasteiger partial charge in [-0.3, -0.25) is 4.98 Å². The van der Waals surface area contributed by atoms with Gasteiger partial charge in [0.2, 0.25) is 5.95 Å². The number of hydrogen-bond acceptors (Lipinski definition) is 7. The Bertz CT molecular complexity index is 907. The first-order valence-corrected chi connectivity index (χ1v) is 7.67. The number of nitrogens with one attached hydrogen (secondary N) is 1. The number of carboxylic acid groups (broad SMARTS) is 1. The first-order valence-electron chi connectivity index (χ1n) is 7.67. The molecular weight excluding hydrogens is 322 g/mol. The molecule has 0 saturated carbocycles. The molecule has 3 aromatic rings. The summed E-state index contributed by atoms with van der Waals surface area (Å²) in [5.74, 6) is 1.02. The first kappa shape index (κ1) is 16.5. The number of rotatable bonds is 6. The van der Waals surface area contributed by atoms with Gasteiger partial charge >= 0.3 is 5.97 Å². The minimum absolute atomic E-state index is 0.162. The molecule has 0 amide bonds. The lowest BCUT2D eigenvalue weighted by atomic mass is 10.2. The van der Waals surface area contributed by atoms with Crippen LogP contribution in [0.4, 0.5) is 5.95 Å². The van der Waals surface area contributed by atoms with Crippen LogP contribution in [-0.4, -0.2) is 47.3 Å². The summed E-state index contributed by atoms with van der Waals surface area (Å²) >= 11 is 0. The summed E-state index contributed by atoms with van der Waals surface area (Å²) in [7, 11) is 0. The number of nitrogens with zero attached hydrogens (tertiary/aromatic N) is 6. The second-order valence-electron chi connectivity index (χ2n) is 5.36. The van der Waals surface area contributed by atoms with Gasteiger partial charge in [0.1, 0.15) is 11.6 Å². The van der Waals surface area contributed by atoms with Gasteiger partial charge in [0.15, 0.2) is 0 Å². The van der Waals surface area contributed by atoms with Crippen LogP contribution < -0.4 is 5.32 Å². The Kier molecular flexibility index (Phi) is 4.64. The average molecular weight is 339 g/mol. The molecule has 3 rings (SSSR count). The fourth-order valence-corrected chi connectivity index (χ4v) is 2.34. The molecule has 0 aliphatic carbocycles. The van der Waals surface area contributed by atoms with Gasteiger partial charge < -0.3 is 10.4 Å². The van der Waals surface area contributed by atoms with E-state index in [4.69, 9.17) is 5.11 Å². The Hall–Kier alpha value is -3.36. The van der Waals surface area contributed by atoms with E-state index in [1.165, 1.54) is 18.3 Å². The highest BCUT2D eigenvalue weighted by Crippen LogP contribution is 2.16. The van der Waals surface area contributed by atoms with E-state index >= 15 is 0 Å². The quantitative estimate of drug-likeness (QED) is 0.694. The molecule has 0 unspecified atom stereocenters. The van der Waals surface area contributed by atoms with Gasteiger partial charge in [-0.2, -0.15) is 5.10 Å². The lowest BCUT2D eigenvalue weighted by Crippen LogP contribution is -2.14. The Morgan fingerprint density at radius 3 is 2.68 bits per heavy atom. The molecule has 0 spiro atoms. The maximum atomic E-state index is 11.1. The number of carbonyl (C=O) groups is 1. The molecule has 0 fully saturated rings. The molecule has 0 aliphatic heterocycles. The minimum Gasteiger partial charge on any atom is -0.478 e. The van der Waals surface area contributed by atoms with E-state index in [0.717, 1.165) is 11.6 Å². The second kappa shape index (κ2) is 7.04. The number of aromatic carboxylic acids is 1. The van der Waals surface area contributed by atoms with E-state index in [-0.39, 0.29) is 5.56 Å². The van der Waals surface area contributed by atoms with Crippen molar-refractivity contribution in [1.82, 2.24) is 29.7 Å². The number of hydrogen-bond donors (Lipinski definition) is 2. The molecule has 0 saturated heterocycles. The predicted octanol–water partition coefficient (Wildman–Crippen LogP) is 1.56. The standard InChI is InChI=1S/C16H17N7O2/c1-10-20-11(2)23(22-10)8-7-19-16-18-6-4-13(21-16)14-9-12(15(24)25)3-5-17-14/h3-6,9H,7-8H2,1-2H3,(H,24,25)(H,18,19,21). The number of pyridine rings is 1.